The van der Waals surface area contributed by atoms with E-state index in [-0.39, 0.29) is 11.9 Å². The van der Waals surface area contributed by atoms with Gasteiger partial charge >= 0.3 is 0 Å². The summed E-state index contributed by atoms with van der Waals surface area (Å²) in [7, 11) is 1.96. The largest absolute Gasteiger partial charge is 0.365 e. The van der Waals surface area contributed by atoms with Gasteiger partial charge in [-0.3, -0.25) is 4.79 Å². The molecule has 0 bridgehead atoms. The van der Waals surface area contributed by atoms with Crippen LogP contribution in [0.3, 0.4) is 0 Å². The minimum atomic E-state index is 0.152. The van der Waals surface area contributed by atoms with Gasteiger partial charge in [0.1, 0.15) is 0 Å². The highest BCUT2D eigenvalue weighted by Crippen LogP contribution is 2.31. The number of rotatable bonds is 3. The van der Waals surface area contributed by atoms with Crippen molar-refractivity contribution in [2.75, 3.05) is 23.4 Å². The molecule has 1 aliphatic heterocycles. The Hall–Kier alpha value is -2.29. The van der Waals surface area contributed by atoms with E-state index in [1.54, 1.807) is 0 Å². The van der Waals surface area contributed by atoms with Crippen molar-refractivity contribution >= 4 is 17.3 Å². The Bertz CT molecular complexity index is 639. The smallest absolute Gasteiger partial charge is 0.246 e. The Morgan fingerprint density at radius 1 is 1.14 bits per heavy atom. The van der Waals surface area contributed by atoms with Gasteiger partial charge in [-0.15, -0.1) is 0 Å². The Morgan fingerprint density at radius 3 is 2.57 bits per heavy atom. The maximum atomic E-state index is 12.7. The molecule has 0 spiro atoms. The number of carbonyl (C=O) groups is 1. The predicted octanol–water partition coefficient (Wildman–Crippen LogP) is 3.10. The molecule has 21 heavy (non-hydrogen) atoms. The summed E-state index contributed by atoms with van der Waals surface area (Å²) in [6.45, 7) is 2.50. The van der Waals surface area contributed by atoms with Gasteiger partial charge in [0.15, 0.2) is 0 Å². The maximum absolute atomic E-state index is 12.7. The number of carbonyl (C=O) groups excluding carboxylic acids is 1. The molecule has 0 saturated heterocycles. The zero-order valence-electron chi connectivity index (χ0n) is 12.5. The first kappa shape index (κ1) is 13.7. The highest BCUT2D eigenvalue weighted by atomic mass is 16.2. The number of hydrogen-bond donors (Lipinski definition) is 0. The average Bonchev–Trinajstić information content (AvgIpc) is 2.83. The van der Waals surface area contributed by atoms with Gasteiger partial charge in [0.2, 0.25) is 5.91 Å². The molecule has 0 aliphatic carbocycles. The lowest BCUT2D eigenvalue weighted by Crippen LogP contribution is -2.42. The summed E-state index contributed by atoms with van der Waals surface area (Å²) in [6, 6.07) is 18.4. The Morgan fingerprint density at radius 2 is 1.81 bits per heavy atom. The Balaban J connectivity index is 1.77. The summed E-state index contributed by atoms with van der Waals surface area (Å²) >= 11 is 0. The van der Waals surface area contributed by atoms with E-state index >= 15 is 0 Å². The van der Waals surface area contributed by atoms with Gasteiger partial charge in [-0.25, -0.2) is 0 Å². The van der Waals surface area contributed by atoms with Crippen LogP contribution in [-0.2, 0) is 11.2 Å². The van der Waals surface area contributed by atoms with Crippen LogP contribution >= 0.6 is 0 Å². The van der Waals surface area contributed by atoms with E-state index in [2.05, 4.69) is 13.0 Å². The summed E-state index contributed by atoms with van der Waals surface area (Å²) in [5.74, 6) is 0.152. The molecule has 1 atom stereocenters. The van der Waals surface area contributed by atoms with E-state index in [9.17, 15) is 4.79 Å². The van der Waals surface area contributed by atoms with Crippen molar-refractivity contribution in [3.05, 3.63) is 60.2 Å². The maximum Gasteiger partial charge on any atom is 0.246 e. The molecule has 2 aromatic carbocycles. The predicted molar refractivity (Wildman–Crippen MR) is 86.8 cm³/mol. The monoisotopic (exact) mass is 280 g/mol. The minimum Gasteiger partial charge on any atom is -0.365 e. The number of amides is 1. The molecule has 108 valence electrons. The molecule has 3 rings (SSSR count). The number of hydrogen-bond acceptors (Lipinski definition) is 2. The molecule has 1 amide bonds. The quantitative estimate of drug-likeness (QED) is 0.862. The first-order valence-electron chi connectivity index (χ1n) is 7.33. The van der Waals surface area contributed by atoms with E-state index in [0.717, 1.165) is 17.8 Å². The number of para-hydroxylation sites is 2. The van der Waals surface area contributed by atoms with Gasteiger partial charge in [0, 0.05) is 24.5 Å². The lowest BCUT2D eigenvalue weighted by molar-refractivity contribution is -0.117. The third-order valence-electron chi connectivity index (χ3n) is 4.05. The van der Waals surface area contributed by atoms with Gasteiger partial charge in [0.25, 0.3) is 0 Å². The van der Waals surface area contributed by atoms with Crippen molar-refractivity contribution in [2.45, 2.75) is 19.4 Å². The summed E-state index contributed by atoms with van der Waals surface area (Å²) in [5, 5.41) is 0. The summed E-state index contributed by atoms with van der Waals surface area (Å²) < 4.78 is 0. The van der Waals surface area contributed by atoms with Crippen LogP contribution < -0.4 is 9.80 Å². The summed E-state index contributed by atoms with van der Waals surface area (Å²) in [6.07, 6.45) is 0.941. The van der Waals surface area contributed by atoms with E-state index in [4.69, 9.17) is 0 Å². The van der Waals surface area contributed by atoms with Gasteiger partial charge in [-0.2, -0.15) is 0 Å². The number of likely N-dealkylation sites (N-methyl/N-ethyl adjacent to an activating group) is 1. The van der Waals surface area contributed by atoms with Crippen LogP contribution in [-0.4, -0.2) is 25.5 Å². The van der Waals surface area contributed by atoms with Crippen molar-refractivity contribution in [1.29, 1.82) is 0 Å². The van der Waals surface area contributed by atoms with E-state index in [1.807, 2.05) is 65.4 Å². The van der Waals surface area contributed by atoms with Crippen molar-refractivity contribution in [2.24, 2.45) is 0 Å². The van der Waals surface area contributed by atoms with Crippen molar-refractivity contribution in [1.82, 2.24) is 0 Å². The second-order valence-electron chi connectivity index (χ2n) is 5.64. The average molecular weight is 280 g/mol. The molecule has 0 unspecified atom stereocenters. The molecule has 3 heteroatoms. The lowest BCUT2D eigenvalue weighted by atomic mass is 10.1. The number of benzene rings is 2. The second kappa shape index (κ2) is 5.60. The van der Waals surface area contributed by atoms with Crippen LogP contribution in [0.5, 0.6) is 0 Å². The fraction of sp³-hybridized carbons (Fsp3) is 0.278. The summed E-state index contributed by atoms with van der Waals surface area (Å²) in [4.78, 5) is 16.6. The first-order chi connectivity index (χ1) is 10.2. The molecule has 2 aromatic rings. The molecule has 1 heterocycles. The van der Waals surface area contributed by atoms with Crippen LogP contribution in [0.2, 0.25) is 0 Å². The van der Waals surface area contributed by atoms with Crippen LogP contribution in [0.4, 0.5) is 11.4 Å². The highest BCUT2D eigenvalue weighted by Gasteiger charge is 2.30. The first-order valence-corrected chi connectivity index (χ1v) is 7.33. The third-order valence-corrected chi connectivity index (χ3v) is 4.05. The SMILES string of the molecule is C[C@H]1Cc2ccccc2N1C(=O)CN(C)c1ccccc1. The van der Waals surface area contributed by atoms with Crippen molar-refractivity contribution in [3.8, 4) is 0 Å². The fourth-order valence-electron chi connectivity index (χ4n) is 3.00. The minimum absolute atomic E-state index is 0.152. The van der Waals surface area contributed by atoms with Crippen LogP contribution in [0.15, 0.2) is 54.6 Å². The normalized spacial score (nSPS) is 16.7. The topological polar surface area (TPSA) is 23.6 Å². The van der Waals surface area contributed by atoms with Crippen molar-refractivity contribution in [3.63, 3.8) is 0 Å². The molecule has 3 nitrogen and oxygen atoms in total. The molecule has 0 radical (unpaired) electrons. The van der Waals surface area contributed by atoms with E-state index in [1.165, 1.54) is 5.56 Å². The molecular weight excluding hydrogens is 260 g/mol. The molecule has 0 saturated carbocycles. The van der Waals surface area contributed by atoms with Gasteiger partial charge in [0.05, 0.1) is 6.54 Å². The second-order valence-corrected chi connectivity index (χ2v) is 5.64. The number of anilines is 2. The summed E-state index contributed by atoms with van der Waals surface area (Å²) in [5.41, 5.74) is 3.39. The number of nitrogens with zero attached hydrogens (tertiary/aromatic N) is 2. The van der Waals surface area contributed by atoms with Gasteiger partial charge < -0.3 is 9.80 Å². The zero-order valence-corrected chi connectivity index (χ0v) is 12.5. The molecule has 0 aromatic heterocycles. The standard InChI is InChI=1S/C18H20N2O/c1-14-12-15-8-6-7-11-17(15)20(14)18(21)13-19(2)16-9-4-3-5-10-16/h3-11,14H,12-13H2,1-2H3/t14-/m0/s1. The van der Waals surface area contributed by atoms with Gasteiger partial charge in [-0.05, 0) is 37.1 Å². The van der Waals surface area contributed by atoms with E-state index < -0.39 is 0 Å². The van der Waals surface area contributed by atoms with E-state index in [0.29, 0.717) is 6.54 Å². The van der Waals surface area contributed by atoms with Gasteiger partial charge in [-0.1, -0.05) is 36.4 Å². The molecule has 0 fully saturated rings. The Kier molecular flexibility index (Phi) is 3.65. The Labute approximate surface area is 125 Å². The van der Waals surface area contributed by atoms with Crippen LogP contribution in [0.25, 0.3) is 0 Å². The lowest BCUT2D eigenvalue weighted by Gasteiger charge is -2.26. The third kappa shape index (κ3) is 2.64. The van der Waals surface area contributed by atoms with Crippen molar-refractivity contribution < 1.29 is 4.79 Å². The molecule has 0 N–H and O–H groups in total. The number of fused-ring (bicyclic) bond motifs is 1. The molecule has 1 aliphatic rings. The van der Waals surface area contributed by atoms with Crippen LogP contribution in [0, 0.1) is 0 Å². The fourth-order valence-corrected chi connectivity index (χ4v) is 3.00. The molecular formula is C18H20N2O. The van der Waals surface area contributed by atoms with Crippen LogP contribution in [0.1, 0.15) is 12.5 Å². The highest BCUT2D eigenvalue weighted by molar-refractivity contribution is 5.98. The zero-order chi connectivity index (χ0) is 14.8.